The molecule has 0 aliphatic rings. The van der Waals surface area contributed by atoms with Crippen LogP contribution in [0.2, 0.25) is 5.02 Å². The molecule has 1 aromatic rings. The van der Waals surface area contributed by atoms with Crippen LogP contribution in [0.25, 0.3) is 0 Å². The summed E-state index contributed by atoms with van der Waals surface area (Å²) < 4.78 is 35.7. The Morgan fingerprint density at radius 1 is 1.18 bits per heavy atom. The van der Waals surface area contributed by atoms with Gasteiger partial charge in [-0.25, -0.2) is 0 Å². The molecule has 0 saturated heterocycles. The zero-order valence-corrected chi connectivity index (χ0v) is 5.92. The maximum Gasteiger partial charge on any atom is 0.418 e. The van der Waals surface area contributed by atoms with E-state index in [1.807, 2.05) is 6.07 Å². The van der Waals surface area contributed by atoms with E-state index in [9.17, 15) is 13.2 Å². The highest BCUT2D eigenvalue weighted by Crippen LogP contribution is 2.33. The van der Waals surface area contributed by atoms with Crippen LogP contribution < -0.4 is 0 Å². The third-order valence-electron chi connectivity index (χ3n) is 1.02. The molecule has 0 fully saturated rings. The van der Waals surface area contributed by atoms with E-state index in [0.717, 1.165) is 6.07 Å². The third kappa shape index (κ3) is 1.87. The van der Waals surface area contributed by atoms with Gasteiger partial charge in [-0.15, -0.1) is 0 Å². The largest absolute Gasteiger partial charge is 0.418 e. The molecule has 0 amide bonds. The minimum atomic E-state index is -4.44. The molecule has 0 N–H and O–H groups in total. The second-order valence-corrected chi connectivity index (χ2v) is 2.19. The van der Waals surface area contributed by atoms with Gasteiger partial charge in [0.15, 0.2) is 0 Å². The number of rotatable bonds is 0. The Hall–Kier alpha value is -0.700. The summed E-state index contributed by atoms with van der Waals surface area (Å²) in [5, 5.41) is -0.444. The monoisotopic (exact) mass is 178 g/mol. The molecule has 58 valence electrons. The van der Waals surface area contributed by atoms with E-state index in [4.69, 9.17) is 11.6 Å². The molecule has 2 radical (unpaired) electrons. The van der Waals surface area contributed by atoms with Crippen molar-refractivity contribution >= 4 is 11.6 Å². The molecule has 0 aliphatic carbocycles. The van der Waals surface area contributed by atoms with Crippen molar-refractivity contribution in [2.24, 2.45) is 0 Å². The summed E-state index contributed by atoms with van der Waals surface area (Å²) in [5.41, 5.74) is -0.971. The van der Waals surface area contributed by atoms with Crippen molar-refractivity contribution in [2.75, 3.05) is 0 Å². The van der Waals surface area contributed by atoms with Crippen LogP contribution in [0.4, 0.5) is 13.2 Å². The zero-order valence-electron chi connectivity index (χ0n) is 5.17. The van der Waals surface area contributed by atoms with Gasteiger partial charge in [-0.05, 0) is 6.07 Å². The lowest BCUT2D eigenvalue weighted by Crippen LogP contribution is -2.05. The number of benzene rings is 1. The number of alkyl halides is 3. The molecule has 0 nitrogen and oxygen atoms in total. The molecule has 4 heteroatoms. The standard InChI is InChI=1S/C7H2ClF3/c8-6-4-2-1-3-5(6)7(9,10)11/h1-2H. The summed E-state index contributed by atoms with van der Waals surface area (Å²) in [4.78, 5) is 0. The van der Waals surface area contributed by atoms with E-state index in [1.54, 1.807) is 0 Å². The van der Waals surface area contributed by atoms with Gasteiger partial charge in [0.2, 0.25) is 0 Å². The fourth-order valence-electron chi connectivity index (χ4n) is 0.582. The van der Waals surface area contributed by atoms with Crippen LogP contribution in [0.3, 0.4) is 0 Å². The van der Waals surface area contributed by atoms with Gasteiger partial charge in [0.05, 0.1) is 10.6 Å². The fraction of sp³-hybridized carbons (Fsp3) is 0.143. The van der Waals surface area contributed by atoms with Crippen molar-refractivity contribution in [3.63, 3.8) is 0 Å². The first-order chi connectivity index (χ1) is 5.02. The lowest BCUT2D eigenvalue weighted by molar-refractivity contribution is -0.137. The minimum Gasteiger partial charge on any atom is -0.166 e. The number of halogens is 4. The fourth-order valence-corrected chi connectivity index (χ4v) is 0.806. The Kier molecular flexibility index (Phi) is 2.09. The Bertz CT molecular complexity index is 254. The molecule has 0 saturated carbocycles. The van der Waals surface area contributed by atoms with Crippen molar-refractivity contribution in [3.8, 4) is 0 Å². The predicted octanol–water partition coefficient (Wildman–Crippen LogP) is 2.96. The maximum absolute atomic E-state index is 11.9. The molecular formula is C7H2ClF3. The van der Waals surface area contributed by atoms with E-state index in [0.29, 0.717) is 0 Å². The van der Waals surface area contributed by atoms with E-state index < -0.39 is 16.8 Å². The first-order valence-corrected chi connectivity index (χ1v) is 3.04. The second-order valence-electron chi connectivity index (χ2n) is 1.81. The van der Waals surface area contributed by atoms with Crippen molar-refractivity contribution < 1.29 is 13.2 Å². The zero-order chi connectivity index (χ0) is 8.48. The quantitative estimate of drug-likeness (QED) is 0.573. The van der Waals surface area contributed by atoms with Crippen molar-refractivity contribution in [2.45, 2.75) is 6.18 Å². The smallest absolute Gasteiger partial charge is 0.166 e. The van der Waals surface area contributed by atoms with Gasteiger partial charge in [-0.3, -0.25) is 0 Å². The number of hydrogen-bond donors (Lipinski definition) is 0. The highest BCUT2D eigenvalue weighted by atomic mass is 35.5. The van der Waals surface area contributed by atoms with Crippen molar-refractivity contribution in [1.29, 1.82) is 0 Å². The summed E-state index contributed by atoms with van der Waals surface area (Å²) in [7, 11) is 0. The summed E-state index contributed by atoms with van der Waals surface area (Å²) >= 11 is 5.20. The second kappa shape index (κ2) is 2.74. The van der Waals surface area contributed by atoms with Crippen LogP contribution >= 0.6 is 11.6 Å². The lowest BCUT2D eigenvalue weighted by Gasteiger charge is -2.06. The molecule has 0 aromatic heterocycles. The third-order valence-corrected chi connectivity index (χ3v) is 1.32. The molecule has 0 unspecified atom stereocenters. The van der Waals surface area contributed by atoms with Crippen LogP contribution in [-0.4, -0.2) is 0 Å². The summed E-state index contributed by atoms with van der Waals surface area (Å²) in [5.74, 6) is 0. The summed E-state index contributed by atoms with van der Waals surface area (Å²) in [6, 6.07) is 6.60. The molecule has 0 aliphatic heterocycles. The van der Waals surface area contributed by atoms with Gasteiger partial charge in [0.25, 0.3) is 0 Å². The summed E-state index contributed by atoms with van der Waals surface area (Å²) in [6.45, 7) is 0. The predicted molar refractivity (Wildman–Crippen MR) is 34.1 cm³/mol. The van der Waals surface area contributed by atoms with Crippen molar-refractivity contribution in [1.82, 2.24) is 0 Å². The Balaban J connectivity index is 3.14. The molecule has 11 heavy (non-hydrogen) atoms. The SMILES string of the molecule is FC(F)(F)c1[c]cc[c]c1Cl. The van der Waals surface area contributed by atoms with Gasteiger partial charge < -0.3 is 0 Å². The topological polar surface area (TPSA) is 0 Å². The normalized spacial score (nSPS) is 11.6. The molecule has 0 atom stereocenters. The Morgan fingerprint density at radius 2 is 1.73 bits per heavy atom. The van der Waals surface area contributed by atoms with Crippen LogP contribution in [0.15, 0.2) is 12.1 Å². The summed E-state index contributed by atoms with van der Waals surface area (Å²) in [6.07, 6.45) is -4.44. The van der Waals surface area contributed by atoms with Crippen LogP contribution in [0, 0.1) is 12.1 Å². The van der Waals surface area contributed by atoms with E-state index in [2.05, 4.69) is 6.07 Å². The van der Waals surface area contributed by atoms with Crippen LogP contribution in [0.5, 0.6) is 0 Å². The number of hydrogen-bond acceptors (Lipinski definition) is 0. The van der Waals surface area contributed by atoms with Gasteiger partial charge in [0, 0.05) is 6.07 Å². The average molecular weight is 179 g/mol. The van der Waals surface area contributed by atoms with Crippen molar-refractivity contribution in [3.05, 3.63) is 34.9 Å². The van der Waals surface area contributed by atoms with Gasteiger partial charge >= 0.3 is 6.18 Å². The Morgan fingerprint density at radius 3 is 2.09 bits per heavy atom. The van der Waals surface area contributed by atoms with E-state index >= 15 is 0 Å². The molecule has 1 rings (SSSR count). The van der Waals surface area contributed by atoms with Gasteiger partial charge in [0.1, 0.15) is 0 Å². The van der Waals surface area contributed by atoms with E-state index in [-0.39, 0.29) is 0 Å². The minimum absolute atomic E-state index is 0.444. The molecular weight excluding hydrogens is 177 g/mol. The van der Waals surface area contributed by atoms with Crippen LogP contribution in [0.1, 0.15) is 5.56 Å². The highest BCUT2D eigenvalue weighted by molar-refractivity contribution is 6.31. The van der Waals surface area contributed by atoms with Crippen LogP contribution in [-0.2, 0) is 6.18 Å². The molecule has 0 bridgehead atoms. The van der Waals surface area contributed by atoms with Gasteiger partial charge in [-0.1, -0.05) is 23.7 Å². The van der Waals surface area contributed by atoms with E-state index in [1.165, 1.54) is 6.07 Å². The lowest BCUT2D eigenvalue weighted by atomic mass is 10.2. The average Bonchev–Trinajstić information content (AvgIpc) is 1.86. The van der Waals surface area contributed by atoms with Gasteiger partial charge in [-0.2, -0.15) is 13.2 Å². The molecule has 0 spiro atoms. The first-order valence-electron chi connectivity index (χ1n) is 2.67. The maximum atomic E-state index is 11.9. The molecule has 0 heterocycles. The molecule has 1 aromatic carbocycles. The first kappa shape index (κ1) is 8.40. The Labute approximate surface area is 66.6 Å². The highest BCUT2D eigenvalue weighted by Gasteiger charge is 2.32.